The smallest absolute Gasteiger partial charge is 0.197 e. The fourth-order valence-electron chi connectivity index (χ4n) is 2.64. The summed E-state index contributed by atoms with van der Waals surface area (Å²) in [4.78, 5) is 8.55. The molecule has 0 radical (unpaired) electrons. The molecule has 0 saturated carbocycles. The van der Waals surface area contributed by atoms with E-state index in [1.807, 2.05) is 55.5 Å². The van der Waals surface area contributed by atoms with Gasteiger partial charge in [-0.05, 0) is 31.2 Å². The van der Waals surface area contributed by atoms with Gasteiger partial charge in [0.2, 0.25) is 0 Å². The molecule has 6 nitrogen and oxygen atoms in total. The Morgan fingerprint density at radius 1 is 1.12 bits per heavy atom. The van der Waals surface area contributed by atoms with Crippen molar-refractivity contribution in [1.29, 1.82) is 0 Å². The van der Waals surface area contributed by atoms with Crippen LogP contribution in [0.2, 0.25) is 0 Å². The maximum absolute atomic E-state index is 5.86. The van der Waals surface area contributed by atoms with Crippen LogP contribution in [0.5, 0.6) is 5.75 Å². The molecule has 2 aromatic carbocycles. The lowest BCUT2D eigenvalue weighted by Crippen LogP contribution is -1.98. The molecule has 1 N–H and O–H groups in total. The van der Waals surface area contributed by atoms with Gasteiger partial charge < -0.3 is 9.15 Å². The molecule has 0 saturated heterocycles. The number of hydrogen-bond donors (Lipinski definition) is 1. The van der Waals surface area contributed by atoms with Crippen LogP contribution < -0.4 is 10.2 Å². The first-order valence-corrected chi connectivity index (χ1v) is 8.00. The van der Waals surface area contributed by atoms with Gasteiger partial charge in [0.1, 0.15) is 23.2 Å². The second-order valence-corrected chi connectivity index (χ2v) is 5.34. The molecule has 4 rings (SSSR count). The number of nitrogens with zero attached hydrogens (tertiary/aromatic N) is 3. The molecule has 4 aromatic rings. The zero-order valence-electron chi connectivity index (χ0n) is 13.6. The number of anilines is 1. The van der Waals surface area contributed by atoms with Gasteiger partial charge in [0.15, 0.2) is 11.4 Å². The molecule has 0 amide bonds. The molecule has 0 aliphatic rings. The first-order valence-electron chi connectivity index (χ1n) is 8.00. The molecule has 0 bridgehead atoms. The van der Waals surface area contributed by atoms with Gasteiger partial charge in [-0.25, -0.2) is 9.97 Å². The van der Waals surface area contributed by atoms with Crippen LogP contribution in [-0.4, -0.2) is 22.8 Å². The first-order chi connectivity index (χ1) is 12.4. The largest absolute Gasteiger partial charge is 0.493 e. The van der Waals surface area contributed by atoms with E-state index in [4.69, 9.17) is 9.15 Å². The summed E-state index contributed by atoms with van der Waals surface area (Å²) in [5.74, 6) is 1.30. The van der Waals surface area contributed by atoms with Gasteiger partial charge in [-0.3, -0.25) is 5.43 Å². The zero-order chi connectivity index (χ0) is 17.1. The molecule has 0 aliphatic carbocycles. The van der Waals surface area contributed by atoms with Crippen LogP contribution in [0.1, 0.15) is 12.5 Å². The average Bonchev–Trinajstić information content (AvgIpc) is 3.03. The lowest BCUT2D eigenvalue weighted by atomic mass is 10.2. The van der Waals surface area contributed by atoms with Crippen molar-refractivity contribution in [2.75, 3.05) is 12.0 Å². The number of rotatable bonds is 5. The first kappa shape index (κ1) is 15.1. The maximum atomic E-state index is 5.86. The molecular weight excluding hydrogens is 316 g/mol. The molecule has 6 heteroatoms. The number of aromatic nitrogens is 2. The molecule has 2 heterocycles. The Kier molecular flexibility index (Phi) is 4.00. The third-order valence-corrected chi connectivity index (χ3v) is 3.75. The summed E-state index contributed by atoms with van der Waals surface area (Å²) in [6.45, 7) is 2.55. The van der Waals surface area contributed by atoms with E-state index in [9.17, 15) is 0 Å². The molecule has 0 fully saturated rings. The van der Waals surface area contributed by atoms with E-state index in [1.165, 1.54) is 6.33 Å². The van der Waals surface area contributed by atoms with Crippen LogP contribution in [0.15, 0.2) is 64.4 Å². The average molecular weight is 332 g/mol. The highest BCUT2D eigenvalue weighted by Crippen LogP contribution is 2.30. The van der Waals surface area contributed by atoms with Crippen molar-refractivity contribution < 1.29 is 9.15 Å². The fraction of sp³-hybridized carbons (Fsp3) is 0.105. The second-order valence-electron chi connectivity index (χ2n) is 5.34. The summed E-state index contributed by atoms with van der Waals surface area (Å²) in [5.41, 5.74) is 5.93. The summed E-state index contributed by atoms with van der Waals surface area (Å²) < 4.78 is 11.4. The number of ether oxygens (including phenoxy) is 1. The van der Waals surface area contributed by atoms with E-state index >= 15 is 0 Å². The SMILES string of the molecule is CCOc1ccccc1/C=N\Nc1ncnc2c1oc1ccccc12. The minimum absolute atomic E-state index is 0.520. The summed E-state index contributed by atoms with van der Waals surface area (Å²) in [7, 11) is 0. The molecule has 0 unspecified atom stereocenters. The van der Waals surface area contributed by atoms with Crippen LogP contribution in [0.4, 0.5) is 5.82 Å². The number of hydrogen-bond acceptors (Lipinski definition) is 6. The predicted octanol–water partition coefficient (Wildman–Crippen LogP) is 4.22. The highest BCUT2D eigenvalue weighted by molar-refractivity contribution is 6.05. The Labute approximate surface area is 144 Å². The molecule has 2 aromatic heterocycles. The van der Waals surface area contributed by atoms with E-state index in [0.29, 0.717) is 18.0 Å². The van der Waals surface area contributed by atoms with Crippen LogP contribution >= 0.6 is 0 Å². The van der Waals surface area contributed by atoms with Crippen molar-refractivity contribution in [3.05, 3.63) is 60.4 Å². The van der Waals surface area contributed by atoms with Crippen LogP contribution in [0.3, 0.4) is 0 Å². The number of furan rings is 1. The summed E-state index contributed by atoms with van der Waals surface area (Å²) >= 11 is 0. The van der Waals surface area contributed by atoms with E-state index < -0.39 is 0 Å². The van der Waals surface area contributed by atoms with Crippen molar-refractivity contribution in [3.63, 3.8) is 0 Å². The molecular formula is C19H16N4O2. The van der Waals surface area contributed by atoms with Gasteiger partial charge in [-0.15, -0.1) is 0 Å². The van der Waals surface area contributed by atoms with E-state index in [-0.39, 0.29) is 0 Å². The molecule has 124 valence electrons. The quantitative estimate of drug-likeness (QED) is 0.437. The highest BCUT2D eigenvalue weighted by Gasteiger charge is 2.12. The number of fused-ring (bicyclic) bond motifs is 3. The number of nitrogens with one attached hydrogen (secondary N) is 1. The summed E-state index contributed by atoms with van der Waals surface area (Å²) in [6.07, 6.45) is 3.19. The van der Waals surface area contributed by atoms with Crippen molar-refractivity contribution in [3.8, 4) is 5.75 Å². The number of para-hydroxylation sites is 2. The lowest BCUT2D eigenvalue weighted by molar-refractivity contribution is 0.340. The van der Waals surface area contributed by atoms with Crippen molar-refractivity contribution in [2.45, 2.75) is 6.92 Å². The monoisotopic (exact) mass is 332 g/mol. The Morgan fingerprint density at radius 2 is 1.96 bits per heavy atom. The lowest BCUT2D eigenvalue weighted by Gasteiger charge is -2.05. The normalized spacial score (nSPS) is 11.4. The summed E-state index contributed by atoms with van der Waals surface area (Å²) in [6, 6.07) is 15.5. The summed E-state index contributed by atoms with van der Waals surface area (Å²) in [5, 5.41) is 5.22. The number of hydrazone groups is 1. The third kappa shape index (κ3) is 2.89. The number of benzene rings is 2. The zero-order valence-corrected chi connectivity index (χ0v) is 13.6. The Hall–Kier alpha value is -3.41. The van der Waals surface area contributed by atoms with Gasteiger partial charge in [0.05, 0.1) is 12.8 Å². The standard InChI is InChI=1S/C19H16N4O2/c1-2-24-15-9-5-3-7-13(15)11-22-23-19-18-17(20-12-21-19)14-8-4-6-10-16(14)25-18/h3-12H,2H2,1H3,(H,20,21,23)/b22-11-. The fourth-order valence-corrected chi connectivity index (χ4v) is 2.64. The van der Waals surface area contributed by atoms with Gasteiger partial charge in [-0.1, -0.05) is 24.3 Å². The Bertz CT molecular complexity index is 1060. The van der Waals surface area contributed by atoms with E-state index in [1.54, 1.807) is 6.21 Å². The van der Waals surface area contributed by atoms with Gasteiger partial charge in [0.25, 0.3) is 0 Å². The van der Waals surface area contributed by atoms with Crippen LogP contribution in [0, 0.1) is 0 Å². The van der Waals surface area contributed by atoms with E-state index in [2.05, 4.69) is 20.5 Å². The van der Waals surface area contributed by atoms with Crippen LogP contribution in [0.25, 0.3) is 22.1 Å². The Morgan fingerprint density at radius 3 is 2.88 bits per heavy atom. The second kappa shape index (κ2) is 6.60. The minimum atomic E-state index is 0.520. The predicted molar refractivity (Wildman–Crippen MR) is 98.1 cm³/mol. The van der Waals surface area contributed by atoms with Crippen molar-refractivity contribution >= 4 is 34.1 Å². The molecule has 0 atom stereocenters. The van der Waals surface area contributed by atoms with Gasteiger partial charge in [0, 0.05) is 10.9 Å². The minimum Gasteiger partial charge on any atom is -0.493 e. The van der Waals surface area contributed by atoms with Crippen molar-refractivity contribution in [2.24, 2.45) is 5.10 Å². The van der Waals surface area contributed by atoms with Gasteiger partial charge in [-0.2, -0.15) is 5.10 Å². The van der Waals surface area contributed by atoms with Crippen molar-refractivity contribution in [1.82, 2.24) is 9.97 Å². The van der Waals surface area contributed by atoms with Gasteiger partial charge >= 0.3 is 0 Å². The molecule has 25 heavy (non-hydrogen) atoms. The maximum Gasteiger partial charge on any atom is 0.197 e. The van der Waals surface area contributed by atoms with Crippen LogP contribution in [-0.2, 0) is 0 Å². The highest BCUT2D eigenvalue weighted by atomic mass is 16.5. The Balaban J connectivity index is 1.65. The van der Waals surface area contributed by atoms with E-state index in [0.717, 1.165) is 27.8 Å². The third-order valence-electron chi connectivity index (χ3n) is 3.75. The molecule has 0 aliphatic heterocycles. The molecule has 0 spiro atoms. The topological polar surface area (TPSA) is 72.5 Å².